The maximum atomic E-state index is 11.2. The summed E-state index contributed by atoms with van der Waals surface area (Å²) in [5, 5.41) is 0. The van der Waals surface area contributed by atoms with Crippen molar-refractivity contribution in [2.24, 2.45) is 4.99 Å². The van der Waals surface area contributed by atoms with Gasteiger partial charge in [-0.1, -0.05) is 17.7 Å². The minimum Gasteiger partial charge on any atom is -0.257 e. The van der Waals surface area contributed by atoms with E-state index in [9.17, 15) is 8.42 Å². The highest BCUT2D eigenvalue weighted by Gasteiger charge is 2.23. The predicted octanol–water partition coefficient (Wildman–Crippen LogP) is 1.89. The Morgan fingerprint density at radius 1 is 1.20 bits per heavy atom. The van der Waals surface area contributed by atoms with Gasteiger partial charge in [0.05, 0.1) is 17.2 Å². The van der Waals surface area contributed by atoms with Crippen LogP contribution in [0.5, 0.6) is 0 Å². The number of rotatable bonds is 1. The van der Waals surface area contributed by atoms with E-state index in [1.54, 1.807) is 0 Å². The van der Waals surface area contributed by atoms with Gasteiger partial charge in [0.2, 0.25) is 0 Å². The minimum absolute atomic E-state index is 0.126. The zero-order valence-corrected chi connectivity index (χ0v) is 9.42. The fourth-order valence-corrected chi connectivity index (χ4v) is 2.97. The van der Waals surface area contributed by atoms with Crippen LogP contribution in [0.15, 0.2) is 29.3 Å². The van der Waals surface area contributed by atoms with Crippen LogP contribution in [0.3, 0.4) is 0 Å². The largest absolute Gasteiger partial charge is 0.257 e. The highest BCUT2D eigenvalue weighted by atomic mass is 32.2. The summed E-state index contributed by atoms with van der Waals surface area (Å²) in [4.78, 5) is 4.33. The number of nitrogens with zero attached hydrogens (tertiary/aromatic N) is 1. The van der Waals surface area contributed by atoms with Gasteiger partial charge in [0, 0.05) is 12.1 Å². The first-order chi connectivity index (χ1) is 7.05. The molecular weight excluding hydrogens is 210 g/mol. The Morgan fingerprint density at radius 2 is 1.87 bits per heavy atom. The van der Waals surface area contributed by atoms with Gasteiger partial charge in [0.1, 0.15) is 0 Å². The lowest BCUT2D eigenvalue weighted by Crippen LogP contribution is -2.03. The average molecular weight is 223 g/mol. The van der Waals surface area contributed by atoms with Gasteiger partial charge in [-0.15, -0.1) is 0 Å². The number of aliphatic imine (C=N–C) groups is 1. The molecule has 1 aromatic carbocycles. The average Bonchev–Trinajstić information content (AvgIpc) is 2.50. The first-order valence-corrected chi connectivity index (χ1v) is 6.71. The summed E-state index contributed by atoms with van der Waals surface area (Å²) in [5.41, 5.74) is 2.80. The molecule has 0 saturated carbocycles. The molecule has 0 amide bonds. The minimum atomic E-state index is -2.85. The van der Waals surface area contributed by atoms with Crippen LogP contribution < -0.4 is 0 Å². The molecule has 0 N–H and O–H groups in total. The first-order valence-electron chi connectivity index (χ1n) is 4.89. The molecule has 1 heterocycles. The molecule has 0 spiro atoms. The Balaban J connectivity index is 2.21. The third-order valence-corrected chi connectivity index (χ3v) is 4.01. The van der Waals surface area contributed by atoms with Crippen molar-refractivity contribution < 1.29 is 8.42 Å². The topological polar surface area (TPSA) is 46.5 Å². The molecule has 0 atom stereocenters. The van der Waals surface area contributed by atoms with E-state index in [4.69, 9.17) is 0 Å². The standard InChI is InChI=1S/C11H13NO2S/c1-9-2-4-10(5-3-9)12-11-6-7-15(13,14)8-11/h2-5H,6-8H2,1H3. The van der Waals surface area contributed by atoms with Crippen LogP contribution >= 0.6 is 0 Å². The van der Waals surface area contributed by atoms with Crippen LogP contribution in [-0.2, 0) is 9.84 Å². The van der Waals surface area contributed by atoms with Gasteiger partial charge in [-0.05, 0) is 19.1 Å². The van der Waals surface area contributed by atoms with Crippen molar-refractivity contribution >= 4 is 21.2 Å². The van der Waals surface area contributed by atoms with E-state index in [0.29, 0.717) is 6.42 Å². The van der Waals surface area contributed by atoms with E-state index < -0.39 is 9.84 Å². The summed E-state index contributed by atoms with van der Waals surface area (Å²) in [6.45, 7) is 2.01. The molecule has 1 fully saturated rings. The van der Waals surface area contributed by atoms with Crippen molar-refractivity contribution in [2.45, 2.75) is 13.3 Å². The van der Waals surface area contributed by atoms with Crippen LogP contribution in [0, 0.1) is 6.92 Å². The van der Waals surface area contributed by atoms with Crippen molar-refractivity contribution in [2.75, 3.05) is 11.5 Å². The van der Waals surface area contributed by atoms with Gasteiger partial charge in [-0.2, -0.15) is 0 Å². The second-order valence-corrected chi connectivity index (χ2v) is 6.04. The molecule has 0 aliphatic carbocycles. The highest BCUT2D eigenvalue weighted by Crippen LogP contribution is 2.17. The normalized spacial score (nSPS) is 22.1. The van der Waals surface area contributed by atoms with E-state index >= 15 is 0 Å². The molecule has 15 heavy (non-hydrogen) atoms. The Labute approximate surface area is 89.8 Å². The molecule has 0 bridgehead atoms. The lowest BCUT2D eigenvalue weighted by molar-refractivity contribution is 0.603. The Hall–Kier alpha value is -1.16. The number of hydrogen-bond acceptors (Lipinski definition) is 3. The van der Waals surface area contributed by atoms with Gasteiger partial charge in [0.25, 0.3) is 0 Å². The molecule has 1 aliphatic heterocycles. The molecule has 80 valence electrons. The van der Waals surface area contributed by atoms with E-state index in [1.807, 2.05) is 31.2 Å². The lowest BCUT2D eigenvalue weighted by atomic mass is 10.2. The highest BCUT2D eigenvalue weighted by molar-refractivity contribution is 7.92. The summed E-state index contributed by atoms with van der Waals surface area (Å²) in [7, 11) is -2.85. The van der Waals surface area contributed by atoms with Gasteiger partial charge >= 0.3 is 0 Å². The Morgan fingerprint density at radius 3 is 2.40 bits per heavy atom. The van der Waals surface area contributed by atoms with Crippen molar-refractivity contribution in [3.63, 3.8) is 0 Å². The van der Waals surface area contributed by atoms with Crippen molar-refractivity contribution in [3.05, 3.63) is 29.8 Å². The molecule has 3 nitrogen and oxygen atoms in total. The van der Waals surface area contributed by atoms with Gasteiger partial charge in [0.15, 0.2) is 9.84 Å². The maximum Gasteiger partial charge on any atom is 0.156 e. The third kappa shape index (κ3) is 2.65. The molecule has 0 unspecified atom stereocenters. The molecule has 2 rings (SSSR count). The van der Waals surface area contributed by atoms with E-state index in [0.717, 1.165) is 11.4 Å². The van der Waals surface area contributed by atoms with Crippen LogP contribution in [0.2, 0.25) is 0 Å². The van der Waals surface area contributed by atoms with Crippen LogP contribution in [-0.4, -0.2) is 25.6 Å². The summed E-state index contributed by atoms with van der Waals surface area (Å²) in [6.07, 6.45) is 0.580. The molecule has 1 aliphatic rings. The van der Waals surface area contributed by atoms with Crippen LogP contribution in [0.1, 0.15) is 12.0 Å². The molecule has 4 heteroatoms. The lowest BCUT2D eigenvalue weighted by Gasteiger charge is -1.96. The van der Waals surface area contributed by atoms with Gasteiger partial charge in [-0.25, -0.2) is 8.42 Å². The fourth-order valence-electron chi connectivity index (χ4n) is 1.56. The predicted molar refractivity (Wildman–Crippen MR) is 61.5 cm³/mol. The zero-order chi connectivity index (χ0) is 10.9. The summed E-state index contributed by atoms with van der Waals surface area (Å²) < 4.78 is 22.4. The summed E-state index contributed by atoms with van der Waals surface area (Å²) in [6, 6.07) is 7.77. The maximum absolute atomic E-state index is 11.2. The van der Waals surface area contributed by atoms with Gasteiger partial charge < -0.3 is 0 Å². The van der Waals surface area contributed by atoms with E-state index in [1.165, 1.54) is 5.56 Å². The quantitative estimate of drug-likeness (QED) is 0.729. The number of benzene rings is 1. The summed E-state index contributed by atoms with van der Waals surface area (Å²) >= 11 is 0. The third-order valence-electron chi connectivity index (χ3n) is 2.41. The summed E-state index contributed by atoms with van der Waals surface area (Å²) in [5.74, 6) is 0.374. The number of hydrogen-bond donors (Lipinski definition) is 0. The van der Waals surface area contributed by atoms with Crippen molar-refractivity contribution in [1.29, 1.82) is 0 Å². The Kier molecular flexibility index (Phi) is 2.61. The number of sulfone groups is 1. The van der Waals surface area contributed by atoms with Crippen LogP contribution in [0.25, 0.3) is 0 Å². The van der Waals surface area contributed by atoms with E-state index in [2.05, 4.69) is 4.99 Å². The second kappa shape index (κ2) is 3.77. The van der Waals surface area contributed by atoms with Crippen molar-refractivity contribution in [3.8, 4) is 0 Å². The second-order valence-electron chi connectivity index (χ2n) is 3.86. The molecular formula is C11H13NO2S. The number of aryl methyl sites for hydroxylation is 1. The van der Waals surface area contributed by atoms with Crippen molar-refractivity contribution in [1.82, 2.24) is 0 Å². The van der Waals surface area contributed by atoms with E-state index in [-0.39, 0.29) is 11.5 Å². The first kappa shape index (κ1) is 10.4. The van der Waals surface area contributed by atoms with Gasteiger partial charge in [-0.3, -0.25) is 4.99 Å². The fraction of sp³-hybridized carbons (Fsp3) is 0.364. The molecule has 0 radical (unpaired) electrons. The SMILES string of the molecule is Cc1ccc(N=C2CCS(=O)(=O)C2)cc1. The molecule has 1 saturated heterocycles. The Bertz CT molecular complexity index is 486. The zero-order valence-electron chi connectivity index (χ0n) is 8.60. The molecule has 0 aromatic heterocycles. The molecule has 1 aromatic rings. The monoisotopic (exact) mass is 223 g/mol. The van der Waals surface area contributed by atoms with Crippen LogP contribution in [0.4, 0.5) is 5.69 Å². The smallest absolute Gasteiger partial charge is 0.156 e.